The third-order valence-electron chi connectivity index (χ3n) is 4.43. The Morgan fingerprint density at radius 1 is 1.16 bits per heavy atom. The van der Waals surface area contributed by atoms with Crippen molar-refractivity contribution in [3.63, 3.8) is 0 Å². The molecule has 2 heterocycles. The molecule has 4 nitrogen and oxygen atoms in total. The van der Waals surface area contributed by atoms with Crippen LogP contribution in [-0.4, -0.2) is 27.5 Å². The van der Waals surface area contributed by atoms with Gasteiger partial charge >= 0.3 is 0 Å². The van der Waals surface area contributed by atoms with Gasteiger partial charge in [0.1, 0.15) is 10.7 Å². The molecule has 2 N–H and O–H groups in total. The quantitative estimate of drug-likeness (QED) is 0.840. The van der Waals surface area contributed by atoms with Crippen molar-refractivity contribution in [2.75, 3.05) is 11.4 Å². The topological polar surface area (TPSA) is 55.0 Å². The maximum absolute atomic E-state index is 5.79. The van der Waals surface area contributed by atoms with E-state index in [2.05, 4.69) is 14.9 Å². The molecule has 1 saturated heterocycles. The summed E-state index contributed by atoms with van der Waals surface area (Å²) >= 11 is 5.11. The lowest BCUT2D eigenvalue weighted by Crippen LogP contribution is -2.48. The Bertz CT molecular complexity index is 474. The van der Waals surface area contributed by atoms with Crippen molar-refractivity contribution < 1.29 is 0 Å². The molecule has 0 aromatic carbocycles. The van der Waals surface area contributed by atoms with E-state index < -0.39 is 0 Å². The Morgan fingerprint density at radius 3 is 2.74 bits per heavy atom. The summed E-state index contributed by atoms with van der Waals surface area (Å²) in [6.45, 7) is 1.05. The summed E-state index contributed by atoms with van der Waals surface area (Å²) in [5.74, 6) is 1.70. The normalized spacial score (nSPS) is 26.8. The lowest BCUT2D eigenvalue weighted by molar-refractivity contribution is 0.242. The molecule has 102 valence electrons. The first-order valence-corrected chi connectivity index (χ1v) is 7.55. The molecular formula is C14H20N4S. The van der Waals surface area contributed by atoms with Gasteiger partial charge in [-0.05, 0) is 31.6 Å². The highest BCUT2D eigenvalue weighted by atomic mass is 32.1. The van der Waals surface area contributed by atoms with Crippen LogP contribution in [0.15, 0.2) is 12.4 Å². The van der Waals surface area contributed by atoms with Gasteiger partial charge in [0.2, 0.25) is 0 Å². The largest absolute Gasteiger partial charge is 0.388 e. The number of aromatic nitrogens is 2. The van der Waals surface area contributed by atoms with Gasteiger partial charge < -0.3 is 10.6 Å². The summed E-state index contributed by atoms with van der Waals surface area (Å²) in [6, 6.07) is 0.604. The summed E-state index contributed by atoms with van der Waals surface area (Å²) in [4.78, 5) is 11.6. The first-order valence-electron chi connectivity index (χ1n) is 7.15. The smallest absolute Gasteiger partial charge is 0.157 e. The summed E-state index contributed by atoms with van der Waals surface area (Å²) in [7, 11) is 0. The van der Waals surface area contributed by atoms with Gasteiger partial charge in [-0.2, -0.15) is 0 Å². The van der Waals surface area contributed by atoms with E-state index in [1.54, 1.807) is 12.4 Å². The fourth-order valence-corrected chi connectivity index (χ4v) is 3.75. The van der Waals surface area contributed by atoms with E-state index in [-0.39, 0.29) is 0 Å². The van der Waals surface area contributed by atoms with Gasteiger partial charge in [-0.3, -0.25) is 0 Å². The second-order valence-electron chi connectivity index (χ2n) is 5.54. The number of hydrogen-bond donors (Lipinski definition) is 1. The zero-order chi connectivity index (χ0) is 13.2. The minimum Gasteiger partial charge on any atom is -0.388 e. The summed E-state index contributed by atoms with van der Waals surface area (Å²) < 4.78 is 0. The fourth-order valence-electron chi connectivity index (χ4n) is 3.60. The van der Waals surface area contributed by atoms with E-state index in [1.807, 2.05) is 0 Å². The third-order valence-corrected chi connectivity index (χ3v) is 4.62. The Balaban J connectivity index is 1.94. The van der Waals surface area contributed by atoms with Crippen molar-refractivity contribution in [3.05, 3.63) is 18.1 Å². The standard InChI is InChI=1S/C14H20N4S/c15-13(19)12-14(17-8-7-16-12)18-9-3-5-10-4-1-2-6-11(10)18/h7-8,10-11H,1-6,9H2,(H2,15,19). The number of nitrogens with zero attached hydrogens (tertiary/aromatic N) is 3. The Hall–Kier alpha value is -1.23. The molecule has 3 rings (SSSR count). The molecule has 1 saturated carbocycles. The van der Waals surface area contributed by atoms with Crippen LogP contribution in [0.3, 0.4) is 0 Å². The molecule has 0 bridgehead atoms. The number of fused-ring (bicyclic) bond motifs is 1. The van der Waals surface area contributed by atoms with Crippen LogP contribution in [0.1, 0.15) is 44.2 Å². The molecule has 1 aromatic rings. The van der Waals surface area contributed by atoms with Gasteiger partial charge in [0.15, 0.2) is 5.82 Å². The molecule has 5 heteroatoms. The monoisotopic (exact) mass is 276 g/mol. The highest BCUT2D eigenvalue weighted by molar-refractivity contribution is 7.80. The van der Waals surface area contributed by atoms with Gasteiger partial charge in [-0.25, -0.2) is 9.97 Å². The van der Waals surface area contributed by atoms with Crippen molar-refractivity contribution in [3.8, 4) is 0 Å². The lowest BCUT2D eigenvalue weighted by atomic mass is 9.78. The van der Waals surface area contributed by atoms with Crippen LogP contribution < -0.4 is 10.6 Å². The second-order valence-corrected chi connectivity index (χ2v) is 5.98. The number of nitrogens with two attached hydrogens (primary N) is 1. The summed E-state index contributed by atoms with van der Waals surface area (Å²) in [6.07, 6.45) is 11.3. The minimum atomic E-state index is 0.348. The van der Waals surface area contributed by atoms with Gasteiger partial charge in [0, 0.05) is 25.0 Å². The van der Waals surface area contributed by atoms with Crippen molar-refractivity contribution >= 4 is 23.0 Å². The first kappa shape index (κ1) is 12.8. The number of piperidine rings is 1. The summed E-state index contributed by atoms with van der Waals surface area (Å²) in [5, 5.41) is 0. The maximum Gasteiger partial charge on any atom is 0.157 e. The maximum atomic E-state index is 5.79. The molecule has 0 radical (unpaired) electrons. The number of thiocarbonyl (C=S) groups is 1. The Morgan fingerprint density at radius 2 is 1.89 bits per heavy atom. The number of rotatable bonds is 2. The predicted molar refractivity (Wildman–Crippen MR) is 80.2 cm³/mol. The van der Waals surface area contributed by atoms with Gasteiger partial charge in [-0.15, -0.1) is 0 Å². The van der Waals surface area contributed by atoms with Crippen LogP contribution in [0, 0.1) is 5.92 Å². The van der Waals surface area contributed by atoms with E-state index in [1.165, 1.54) is 38.5 Å². The van der Waals surface area contributed by atoms with E-state index in [0.29, 0.717) is 16.7 Å². The SMILES string of the molecule is NC(=S)c1nccnc1N1CCCC2CCCCC21. The average molecular weight is 276 g/mol. The molecule has 0 spiro atoms. The molecule has 2 unspecified atom stereocenters. The average Bonchev–Trinajstić information content (AvgIpc) is 2.46. The third kappa shape index (κ3) is 2.43. The first-order chi connectivity index (χ1) is 9.27. The molecule has 1 aromatic heterocycles. The molecule has 2 fully saturated rings. The van der Waals surface area contributed by atoms with E-state index in [9.17, 15) is 0 Å². The highest BCUT2D eigenvalue weighted by Gasteiger charge is 2.35. The van der Waals surface area contributed by atoms with Crippen molar-refractivity contribution in [1.82, 2.24) is 9.97 Å². The van der Waals surface area contributed by atoms with Crippen LogP contribution >= 0.6 is 12.2 Å². The number of hydrogen-bond acceptors (Lipinski definition) is 4. The van der Waals surface area contributed by atoms with Crippen LogP contribution in [0.25, 0.3) is 0 Å². The van der Waals surface area contributed by atoms with E-state index >= 15 is 0 Å². The van der Waals surface area contributed by atoms with Gasteiger partial charge in [0.05, 0.1) is 0 Å². The Labute approximate surface area is 119 Å². The second kappa shape index (κ2) is 5.41. The predicted octanol–water partition coefficient (Wildman–Crippen LogP) is 2.27. The molecular weight excluding hydrogens is 256 g/mol. The van der Waals surface area contributed by atoms with E-state index in [0.717, 1.165) is 18.3 Å². The molecule has 19 heavy (non-hydrogen) atoms. The zero-order valence-electron chi connectivity index (χ0n) is 11.1. The van der Waals surface area contributed by atoms with Gasteiger partial charge in [0.25, 0.3) is 0 Å². The van der Waals surface area contributed by atoms with Crippen molar-refractivity contribution in [2.45, 2.75) is 44.6 Å². The fraction of sp³-hybridized carbons (Fsp3) is 0.643. The minimum absolute atomic E-state index is 0.348. The highest BCUT2D eigenvalue weighted by Crippen LogP contribution is 2.37. The van der Waals surface area contributed by atoms with E-state index in [4.69, 9.17) is 18.0 Å². The van der Waals surface area contributed by atoms with Crippen LogP contribution in [0.2, 0.25) is 0 Å². The van der Waals surface area contributed by atoms with Gasteiger partial charge in [-0.1, -0.05) is 25.1 Å². The lowest BCUT2D eigenvalue weighted by Gasteiger charge is -2.45. The van der Waals surface area contributed by atoms with Crippen LogP contribution in [0.4, 0.5) is 5.82 Å². The molecule has 2 aliphatic rings. The molecule has 1 aliphatic carbocycles. The molecule has 2 atom stereocenters. The van der Waals surface area contributed by atoms with Crippen molar-refractivity contribution in [2.24, 2.45) is 11.7 Å². The zero-order valence-corrected chi connectivity index (χ0v) is 11.9. The van der Waals surface area contributed by atoms with Crippen LogP contribution in [-0.2, 0) is 0 Å². The summed E-state index contributed by atoms with van der Waals surface area (Å²) in [5.41, 5.74) is 6.48. The Kier molecular flexibility index (Phi) is 3.64. The number of anilines is 1. The molecule has 0 amide bonds. The van der Waals surface area contributed by atoms with Crippen LogP contribution in [0.5, 0.6) is 0 Å². The molecule has 1 aliphatic heterocycles. The van der Waals surface area contributed by atoms with Crippen molar-refractivity contribution in [1.29, 1.82) is 0 Å².